The summed E-state index contributed by atoms with van der Waals surface area (Å²) in [6, 6.07) is 6.37. The van der Waals surface area contributed by atoms with Crippen molar-refractivity contribution in [1.29, 1.82) is 0 Å². The van der Waals surface area contributed by atoms with Crippen LogP contribution in [-0.2, 0) is 7.05 Å². The van der Waals surface area contributed by atoms with Crippen LogP contribution in [0.3, 0.4) is 0 Å². The van der Waals surface area contributed by atoms with E-state index < -0.39 is 0 Å². The Labute approximate surface area is 139 Å². The minimum Gasteiger partial charge on any atom is -0.339 e. The second kappa shape index (κ2) is 7.19. The van der Waals surface area contributed by atoms with Crippen LogP contribution in [0.4, 0.5) is 22.0 Å². The van der Waals surface area contributed by atoms with Crippen molar-refractivity contribution in [2.75, 3.05) is 41.4 Å². The number of nitrogens with zero attached hydrogens (tertiary/aromatic N) is 5. The van der Waals surface area contributed by atoms with Crippen molar-refractivity contribution in [3.8, 4) is 0 Å². The Morgan fingerprint density at radius 1 is 1.14 bits per heavy atom. The average molecular weight is 344 g/mol. The van der Waals surface area contributed by atoms with Crippen molar-refractivity contribution in [3.05, 3.63) is 30.1 Å². The summed E-state index contributed by atoms with van der Waals surface area (Å²) in [5, 5.41) is 8.60. The number of hydrogen-bond donors (Lipinski definition) is 0. The van der Waals surface area contributed by atoms with E-state index in [4.69, 9.17) is 0 Å². The summed E-state index contributed by atoms with van der Waals surface area (Å²) in [4.78, 5) is 4.17. The molecule has 22 heavy (non-hydrogen) atoms. The predicted molar refractivity (Wildman–Crippen MR) is 92.3 cm³/mol. The lowest BCUT2D eigenvalue weighted by molar-refractivity contribution is 0.628. The lowest BCUT2D eigenvalue weighted by atomic mass is 10.3. The quantitative estimate of drug-likeness (QED) is 0.856. The summed E-state index contributed by atoms with van der Waals surface area (Å²) in [6.45, 7) is 1.99. The zero-order valence-electron chi connectivity index (χ0n) is 12.6. The summed E-state index contributed by atoms with van der Waals surface area (Å²) in [6.07, 6.45) is 0. The van der Waals surface area contributed by atoms with Gasteiger partial charge in [-0.05, 0) is 24.3 Å². The molecule has 0 N–H and O–H groups in total. The van der Waals surface area contributed by atoms with Gasteiger partial charge in [-0.1, -0.05) is 0 Å². The fourth-order valence-corrected chi connectivity index (χ4v) is 3.33. The number of thioether (sulfide) groups is 1. The van der Waals surface area contributed by atoms with Crippen LogP contribution >= 0.6 is 24.2 Å². The zero-order valence-corrected chi connectivity index (χ0v) is 14.2. The Kier molecular flexibility index (Phi) is 5.52. The van der Waals surface area contributed by atoms with E-state index in [1.807, 2.05) is 35.3 Å². The molecule has 1 saturated heterocycles. The van der Waals surface area contributed by atoms with Gasteiger partial charge in [-0.15, -0.1) is 22.6 Å². The summed E-state index contributed by atoms with van der Waals surface area (Å²) in [5.41, 5.74) is 0.882. The highest BCUT2D eigenvalue weighted by Crippen LogP contribution is 2.25. The molecule has 0 unspecified atom stereocenters. The van der Waals surface area contributed by atoms with E-state index in [1.165, 1.54) is 12.1 Å². The van der Waals surface area contributed by atoms with Crippen LogP contribution in [0.1, 0.15) is 0 Å². The number of hydrogen-bond acceptors (Lipinski definition) is 5. The molecule has 0 bridgehead atoms. The first-order valence-electron chi connectivity index (χ1n) is 6.88. The second-order valence-electron chi connectivity index (χ2n) is 4.99. The van der Waals surface area contributed by atoms with Gasteiger partial charge in [0.05, 0.1) is 0 Å². The van der Waals surface area contributed by atoms with E-state index in [2.05, 4.69) is 15.1 Å². The molecule has 0 atom stereocenters. The fourth-order valence-electron chi connectivity index (χ4n) is 2.42. The molecule has 1 aromatic carbocycles. The van der Waals surface area contributed by atoms with Gasteiger partial charge in [0.15, 0.2) is 0 Å². The summed E-state index contributed by atoms with van der Waals surface area (Å²) in [5.74, 6) is 3.64. The summed E-state index contributed by atoms with van der Waals surface area (Å²) in [7, 11) is 3.87. The van der Waals surface area contributed by atoms with Gasteiger partial charge in [0, 0.05) is 44.4 Å². The van der Waals surface area contributed by atoms with E-state index in [1.54, 1.807) is 12.1 Å². The molecule has 2 heterocycles. The van der Waals surface area contributed by atoms with Gasteiger partial charge in [-0.25, -0.2) is 4.39 Å². The van der Waals surface area contributed by atoms with E-state index in [0.29, 0.717) is 0 Å². The molecular weight excluding hydrogens is 325 g/mol. The van der Waals surface area contributed by atoms with Gasteiger partial charge in [0.1, 0.15) is 5.82 Å². The maximum atomic E-state index is 13.0. The highest BCUT2D eigenvalue weighted by Gasteiger charge is 2.20. The molecule has 2 aromatic rings. The van der Waals surface area contributed by atoms with Gasteiger partial charge in [-0.2, -0.15) is 11.8 Å². The van der Waals surface area contributed by atoms with E-state index in [9.17, 15) is 4.39 Å². The summed E-state index contributed by atoms with van der Waals surface area (Å²) >= 11 is 1.97. The smallest absolute Gasteiger partial charge is 0.232 e. The fraction of sp³-hybridized carbons (Fsp3) is 0.429. The van der Waals surface area contributed by atoms with Crippen molar-refractivity contribution in [2.45, 2.75) is 0 Å². The Balaban J connectivity index is 0.00000176. The third-order valence-electron chi connectivity index (χ3n) is 3.64. The molecule has 1 aromatic heterocycles. The number of anilines is 3. The Bertz CT molecular complexity index is 612. The Hall–Kier alpha value is -1.47. The zero-order chi connectivity index (χ0) is 14.8. The number of aromatic nitrogens is 3. The Morgan fingerprint density at radius 3 is 2.41 bits per heavy atom. The monoisotopic (exact) mass is 343 g/mol. The molecule has 0 amide bonds. The molecule has 0 spiro atoms. The lowest BCUT2D eigenvalue weighted by Gasteiger charge is -2.27. The molecule has 1 fully saturated rings. The van der Waals surface area contributed by atoms with Crippen molar-refractivity contribution < 1.29 is 4.39 Å². The van der Waals surface area contributed by atoms with E-state index in [-0.39, 0.29) is 18.2 Å². The van der Waals surface area contributed by atoms with Gasteiger partial charge >= 0.3 is 0 Å². The van der Waals surface area contributed by atoms with Crippen LogP contribution in [0.5, 0.6) is 0 Å². The highest BCUT2D eigenvalue weighted by molar-refractivity contribution is 7.99. The predicted octanol–water partition coefficient (Wildman–Crippen LogP) is 2.70. The summed E-state index contributed by atoms with van der Waals surface area (Å²) < 4.78 is 15.0. The molecule has 0 aliphatic carbocycles. The molecular formula is C14H19ClFN5S. The first-order chi connectivity index (χ1) is 10.2. The van der Waals surface area contributed by atoms with Crippen LogP contribution < -0.4 is 9.80 Å². The topological polar surface area (TPSA) is 37.2 Å². The minimum absolute atomic E-state index is 0. The lowest BCUT2D eigenvalue weighted by Crippen LogP contribution is -2.34. The average Bonchev–Trinajstić information content (AvgIpc) is 2.90. The molecule has 1 aliphatic heterocycles. The standard InChI is InChI=1S/C14H18FN5S.ClH/c1-18(12-5-3-11(15)4-6-12)13-16-17-14(19(13)2)20-7-9-21-10-8-20;/h3-6H,7-10H2,1-2H3;1H. The van der Waals surface area contributed by atoms with Crippen LogP contribution in [0, 0.1) is 5.82 Å². The van der Waals surface area contributed by atoms with Crippen molar-refractivity contribution in [2.24, 2.45) is 7.05 Å². The molecule has 0 radical (unpaired) electrons. The van der Waals surface area contributed by atoms with Gasteiger partial charge in [0.2, 0.25) is 11.9 Å². The molecule has 1 aliphatic rings. The molecule has 5 nitrogen and oxygen atoms in total. The first-order valence-corrected chi connectivity index (χ1v) is 8.03. The van der Waals surface area contributed by atoms with Gasteiger partial charge in [0.25, 0.3) is 0 Å². The number of halogens is 2. The largest absolute Gasteiger partial charge is 0.339 e. The maximum Gasteiger partial charge on any atom is 0.232 e. The maximum absolute atomic E-state index is 13.0. The molecule has 120 valence electrons. The third-order valence-corrected chi connectivity index (χ3v) is 4.58. The SMILES string of the molecule is CN(c1ccc(F)cc1)c1nnc(N2CCSCC2)n1C.Cl. The van der Waals surface area contributed by atoms with Gasteiger partial charge in [-0.3, -0.25) is 4.57 Å². The minimum atomic E-state index is -0.239. The molecule has 8 heteroatoms. The van der Waals surface area contributed by atoms with E-state index >= 15 is 0 Å². The van der Waals surface area contributed by atoms with Crippen LogP contribution in [0.25, 0.3) is 0 Å². The molecule has 0 saturated carbocycles. The van der Waals surface area contributed by atoms with Crippen molar-refractivity contribution >= 4 is 41.8 Å². The Morgan fingerprint density at radius 2 is 1.77 bits per heavy atom. The van der Waals surface area contributed by atoms with Crippen molar-refractivity contribution in [3.63, 3.8) is 0 Å². The second-order valence-corrected chi connectivity index (χ2v) is 6.22. The normalized spacial score (nSPS) is 14.6. The van der Waals surface area contributed by atoms with Crippen LogP contribution in [0.15, 0.2) is 24.3 Å². The van der Waals surface area contributed by atoms with Crippen LogP contribution in [0.2, 0.25) is 0 Å². The van der Waals surface area contributed by atoms with Crippen LogP contribution in [-0.4, -0.2) is 46.4 Å². The van der Waals surface area contributed by atoms with E-state index in [0.717, 1.165) is 42.2 Å². The highest BCUT2D eigenvalue weighted by atomic mass is 35.5. The van der Waals surface area contributed by atoms with Gasteiger partial charge < -0.3 is 9.80 Å². The number of benzene rings is 1. The third kappa shape index (κ3) is 3.30. The molecule has 3 rings (SSSR count). The van der Waals surface area contributed by atoms with Crippen molar-refractivity contribution in [1.82, 2.24) is 14.8 Å². The number of rotatable bonds is 3. The first kappa shape index (κ1) is 16.9.